The lowest BCUT2D eigenvalue weighted by Gasteiger charge is -2.09. The molecule has 0 bridgehead atoms. The van der Waals surface area contributed by atoms with Gasteiger partial charge in [-0.1, -0.05) is 24.3 Å². The highest BCUT2D eigenvalue weighted by Gasteiger charge is 2.17. The Balaban J connectivity index is 1.38. The summed E-state index contributed by atoms with van der Waals surface area (Å²) < 4.78 is 27.1. The number of sulfone groups is 1. The van der Waals surface area contributed by atoms with Crippen LogP contribution in [0.15, 0.2) is 95.1 Å². The van der Waals surface area contributed by atoms with E-state index >= 15 is 0 Å². The van der Waals surface area contributed by atoms with Gasteiger partial charge < -0.3 is 15.0 Å². The molecule has 4 aromatic rings. The number of pyridine rings is 1. The number of hydrogen-bond acceptors (Lipinski definition) is 4. The minimum atomic E-state index is -3.58. The van der Waals surface area contributed by atoms with Gasteiger partial charge in [-0.15, -0.1) is 0 Å². The molecule has 0 saturated carbocycles. The van der Waals surface area contributed by atoms with E-state index in [4.69, 9.17) is 0 Å². The minimum absolute atomic E-state index is 0.170. The van der Waals surface area contributed by atoms with Gasteiger partial charge in [0.05, 0.1) is 9.79 Å². The third kappa shape index (κ3) is 4.12. The molecule has 29 heavy (non-hydrogen) atoms. The number of fused-ring (bicyclic) bond motifs is 1. The first-order valence-electron chi connectivity index (χ1n) is 8.89. The van der Waals surface area contributed by atoms with E-state index in [1.165, 1.54) is 12.1 Å². The van der Waals surface area contributed by atoms with Gasteiger partial charge in [0, 0.05) is 30.8 Å². The quantitative estimate of drug-likeness (QED) is 0.531. The molecule has 2 amide bonds. The smallest absolute Gasteiger partial charge is 0.319 e. The van der Waals surface area contributed by atoms with Gasteiger partial charge in [-0.25, -0.2) is 18.2 Å². The van der Waals surface area contributed by atoms with Crippen molar-refractivity contribution in [2.75, 3.05) is 5.32 Å². The number of anilines is 1. The van der Waals surface area contributed by atoms with Crippen LogP contribution in [0.25, 0.3) is 5.65 Å². The summed E-state index contributed by atoms with van der Waals surface area (Å²) in [5.41, 5.74) is 2.26. The molecular weight excluding hydrogens is 388 g/mol. The number of hydrogen-bond donors (Lipinski definition) is 2. The van der Waals surface area contributed by atoms with E-state index in [1.807, 2.05) is 28.9 Å². The number of benzene rings is 2. The molecule has 2 aromatic heterocycles. The average molecular weight is 406 g/mol. The van der Waals surface area contributed by atoms with Gasteiger partial charge in [0.25, 0.3) is 0 Å². The maximum absolute atomic E-state index is 12.6. The Labute approximate surface area is 167 Å². The Morgan fingerprint density at radius 1 is 0.931 bits per heavy atom. The monoisotopic (exact) mass is 406 g/mol. The molecular formula is C21H18N4O3S. The molecule has 0 spiro atoms. The Bertz CT molecular complexity index is 1250. The molecule has 0 saturated heterocycles. The molecule has 4 rings (SSSR count). The van der Waals surface area contributed by atoms with E-state index in [9.17, 15) is 13.2 Å². The van der Waals surface area contributed by atoms with Crippen molar-refractivity contribution in [2.24, 2.45) is 0 Å². The number of carbonyl (C=O) groups excluding carboxylic acids is 1. The van der Waals surface area contributed by atoms with Crippen molar-refractivity contribution in [3.05, 3.63) is 90.9 Å². The number of carbonyl (C=O) groups is 1. The van der Waals surface area contributed by atoms with Gasteiger partial charge in [-0.3, -0.25) is 0 Å². The van der Waals surface area contributed by atoms with Crippen LogP contribution in [0.2, 0.25) is 0 Å². The fourth-order valence-electron chi connectivity index (χ4n) is 2.88. The first kappa shape index (κ1) is 18.7. The van der Waals surface area contributed by atoms with Crippen molar-refractivity contribution >= 4 is 27.2 Å². The van der Waals surface area contributed by atoms with Gasteiger partial charge in [-0.2, -0.15) is 0 Å². The first-order chi connectivity index (χ1) is 14.0. The summed E-state index contributed by atoms with van der Waals surface area (Å²) in [5, 5.41) is 5.47. The maximum Gasteiger partial charge on any atom is 0.319 e. The normalized spacial score (nSPS) is 11.3. The molecule has 2 N–H and O–H groups in total. The molecule has 0 fully saturated rings. The lowest BCUT2D eigenvalue weighted by atomic mass is 10.3. The van der Waals surface area contributed by atoms with Crippen LogP contribution in [-0.4, -0.2) is 23.8 Å². The largest absolute Gasteiger partial charge is 0.334 e. The van der Waals surface area contributed by atoms with Crippen LogP contribution in [0.1, 0.15) is 5.56 Å². The van der Waals surface area contributed by atoms with E-state index in [0.29, 0.717) is 12.2 Å². The van der Waals surface area contributed by atoms with E-state index in [2.05, 4.69) is 15.6 Å². The summed E-state index contributed by atoms with van der Waals surface area (Å²) in [4.78, 5) is 16.7. The van der Waals surface area contributed by atoms with Crippen molar-refractivity contribution < 1.29 is 13.2 Å². The minimum Gasteiger partial charge on any atom is -0.334 e. The van der Waals surface area contributed by atoms with E-state index in [0.717, 1.165) is 11.2 Å². The van der Waals surface area contributed by atoms with Crippen LogP contribution in [0.4, 0.5) is 10.5 Å². The Morgan fingerprint density at radius 2 is 1.66 bits per heavy atom. The van der Waals surface area contributed by atoms with Crippen molar-refractivity contribution in [2.45, 2.75) is 16.3 Å². The predicted molar refractivity (Wildman–Crippen MR) is 109 cm³/mol. The van der Waals surface area contributed by atoms with Crippen molar-refractivity contribution in [1.82, 2.24) is 14.7 Å². The second-order valence-corrected chi connectivity index (χ2v) is 8.33. The van der Waals surface area contributed by atoms with Crippen LogP contribution in [0.3, 0.4) is 0 Å². The number of nitrogens with one attached hydrogen (secondary N) is 2. The fourth-order valence-corrected chi connectivity index (χ4v) is 4.16. The first-order valence-corrected chi connectivity index (χ1v) is 10.4. The van der Waals surface area contributed by atoms with Gasteiger partial charge in [0.15, 0.2) is 0 Å². The lowest BCUT2D eigenvalue weighted by Crippen LogP contribution is -2.28. The van der Waals surface area contributed by atoms with Crippen molar-refractivity contribution in [1.29, 1.82) is 0 Å². The molecule has 0 aliphatic rings. The van der Waals surface area contributed by atoms with E-state index in [-0.39, 0.29) is 15.8 Å². The van der Waals surface area contributed by atoms with Crippen LogP contribution in [0.5, 0.6) is 0 Å². The molecule has 0 unspecified atom stereocenters. The second kappa shape index (κ2) is 7.76. The highest BCUT2D eigenvalue weighted by Crippen LogP contribution is 2.22. The lowest BCUT2D eigenvalue weighted by molar-refractivity contribution is 0.251. The summed E-state index contributed by atoms with van der Waals surface area (Å²) in [6.07, 6.45) is 5.44. The zero-order valence-corrected chi connectivity index (χ0v) is 16.1. The highest BCUT2D eigenvalue weighted by molar-refractivity contribution is 7.91. The fraction of sp³-hybridized carbons (Fsp3) is 0.0476. The standard InChI is InChI=1S/C21H18N4O3S/c26-21(23-14-16-6-11-20-22-12-13-25(20)15-16)24-17-7-9-19(10-8-17)29(27,28)18-4-2-1-3-5-18/h1-13,15H,14H2,(H2,23,24,26). The zero-order valence-electron chi connectivity index (χ0n) is 15.3. The van der Waals surface area contributed by atoms with Crippen LogP contribution < -0.4 is 10.6 Å². The average Bonchev–Trinajstić information content (AvgIpc) is 3.21. The number of nitrogens with zero attached hydrogens (tertiary/aromatic N) is 2. The third-order valence-corrected chi connectivity index (χ3v) is 6.16. The Hall–Kier alpha value is -3.65. The second-order valence-electron chi connectivity index (χ2n) is 6.38. The molecule has 0 aliphatic heterocycles. The summed E-state index contributed by atoms with van der Waals surface area (Å²) in [5.74, 6) is 0. The SMILES string of the molecule is O=C(NCc1ccc2nccn2c1)Nc1ccc(S(=O)(=O)c2ccccc2)cc1. The molecule has 8 heteroatoms. The summed E-state index contributed by atoms with van der Waals surface area (Å²) >= 11 is 0. The van der Waals surface area contributed by atoms with Gasteiger partial charge in [-0.05, 0) is 48.0 Å². The molecule has 0 aliphatic carbocycles. The molecule has 146 valence electrons. The Morgan fingerprint density at radius 3 is 2.41 bits per heavy atom. The Kier molecular flexibility index (Phi) is 5.01. The van der Waals surface area contributed by atoms with Crippen LogP contribution in [-0.2, 0) is 16.4 Å². The number of imidazole rings is 1. The maximum atomic E-state index is 12.6. The van der Waals surface area contributed by atoms with Gasteiger partial charge >= 0.3 is 6.03 Å². The molecule has 0 atom stereocenters. The number of rotatable bonds is 5. The third-order valence-electron chi connectivity index (χ3n) is 4.38. The molecule has 2 heterocycles. The summed E-state index contributed by atoms with van der Waals surface area (Å²) in [6, 6.07) is 17.7. The van der Waals surface area contributed by atoms with Crippen LogP contribution >= 0.6 is 0 Å². The number of urea groups is 1. The highest BCUT2D eigenvalue weighted by atomic mass is 32.2. The van der Waals surface area contributed by atoms with Crippen molar-refractivity contribution in [3.63, 3.8) is 0 Å². The van der Waals surface area contributed by atoms with E-state index < -0.39 is 9.84 Å². The zero-order chi connectivity index (χ0) is 20.3. The molecule has 2 aromatic carbocycles. The predicted octanol–water partition coefficient (Wildman–Crippen LogP) is 3.49. The number of amides is 2. The number of aromatic nitrogens is 2. The molecule has 0 radical (unpaired) electrons. The molecule has 7 nitrogen and oxygen atoms in total. The van der Waals surface area contributed by atoms with Gasteiger partial charge in [0.2, 0.25) is 9.84 Å². The summed E-state index contributed by atoms with van der Waals surface area (Å²) in [6.45, 7) is 0.348. The van der Waals surface area contributed by atoms with Gasteiger partial charge in [0.1, 0.15) is 5.65 Å². The van der Waals surface area contributed by atoms with Crippen molar-refractivity contribution in [3.8, 4) is 0 Å². The topological polar surface area (TPSA) is 92.6 Å². The van der Waals surface area contributed by atoms with E-state index in [1.54, 1.807) is 48.7 Å². The summed E-state index contributed by atoms with van der Waals surface area (Å²) in [7, 11) is -3.58. The van der Waals surface area contributed by atoms with Crippen LogP contribution in [0, 0.1) is 0 Å².